The van der Waals surface area contributed by atoms with Crippen LogP contribution in [0.3, 0.4) is 0 Å². The lowest BCUT2D eigenvalue weighted by atomic mass is 9.85. The molecule has 3 aliphatic rings. The maximum atomic E-state index is 5.71. The number of fused-ring (bicyclic) bond motifs is 1. The van der Waals surface area contributed by atoms with Crippen LogP contribution in [-0.2, 0) is 9.47 Å². The van der Waals surface area contributed by atoms with E-state index in [4.69, 9.17) is 9.47 Å². The fraction of sp³-hybridized carbons (Fsp3) is 1.00. The summed E-state index contributed by atoms with van der Waals surface area (Å²) < 4.78 is 11.3. The van der Waals surface area contributed by atoms with Crippen LogP contribution >= 0.6 is 0 Å². The highest BCUT2D eigenvalue weighted by Crippen LogP contribution is 2.41. The molecule has 0 amide bonds. The first-order valence-electron chi connectivity index (χ1n) is 6.39. The molecule has 3 fully saturated rings. The zero-order valence-corrected chi connectivity index (χ0v) is 9.28. The first-order valence-corrected chi connectivity index (χ1v) is 6.39. The van der Waals surface area contributed by atoms with Gasteiger partial charge < -0.3 is 14.8 Å². The Morgan fingerprint density at radius 2 is 2.06 bits per heavy atom. The van der Waals surface area contributed by atoms with Gasteiger partial charge in [0.25, 0.3) is 0 Å². The summed E-state index contributed by atoms with van der Waals surface area (Å²) in [6, 6.07) is 0. The zero-order chi connectivity index (χ0) is 10.1. The smallest absolute Gasteiger partial charge is 0.0844 e. The van der Waals surface area contributed by atoms with Gasteiger partial charge in [-0.2, -0.15) is 0 Å². The van der Waals surface area contributed by atoms with Crippen LogP contribution in [-0.4, -0.2) is 49.0 Å². The molecule has 3 rings (SSSR count). The van der Waals surface area contributed by atoms with E-state index in [-0.39, 0.29) is 11.0 Å². The van der Waals surface area contributed by atoms with Crippen LogP contribution in [0.2, 0.25) is 0 Å². The van der Waals surface area contributed by atoms with Gasteiger partial charge in [-0.3, -0.25) is 0 Å². The molecule has 0 aromatic carbocycles. The lowest BCUT2D eigenvalue weighted by Gasteiger charge is -2.26. The molecule has 2 heterocycles. The van der Waals surface area contributed by atoms with E-state index in [0.29, 0.717) is 18.3 Å². The van der Waals surface area contributed by atoms with Gasteiger partial charge in [0.1, 0.15) is 0 Å². The summed E-state index contributed by atoms with van der Waals surface area (Å²) in [5.41, 5.74) is 0. The summed E-state index contributed by atoms with van der Waals surface area (Å²) in [7, 11) is 0. The third-order valence-electron chi connectivity index (χ3n) is 4.01. The van der Waals surface area contributed by atoms with Gasteiger partial charge in [-0.1, -0.05) is 0 Å². The van der Waals surface area contributed by atoms with E-state index < -0.39 is 0 Å². The molecule has 4 unspecified atom stereocenters. The van der Waals surface area contributed by atoms with E-state index in [1.165, 1.54) is 32.1 Å². The number of epoxide rings is 1. The lowest BCUT2D eigenvalue weighted by molar-refractivity contribution is 0.0190. The molecule has 0 spiro atoms. The van der Waals surface area contributed by atoms with Gasteiger partial charge >= 0.3 is 0 Å². The van der Waals surface area contributed by atoms with Gasteiger partial charge in [0.2, 0.25) is 0 Å². The Kier molecular flexibility index (Phi) is 4.41. The van der Waals surface area contributed by atoms with Crippen LogP contribution in [0.4, 0.5) is 0 Å². The standard InChI is InChI=1S/C12H21NO2.H4Si/c1(3-10-8-13-5-6-14-10)9-2-4-11-12(7-9)15-11;/h9-13H,1-8H2;1H4. The molecule has 4 heteroatoms. The topological polar surface area (TPSA) is 33.8 Å². The van der Waals surface area contributed by atoms with E-state index in [1.54, 1.807) is 0 Å². The number of hydrogen-bond acceptors (Lipinski definition) is 3. The molecule has 16 heavy (non-hydrogen) atoms. The highest BCUT2D eigenvalue weighted by Gasteiger charge is 2.43. The molecule has 1 N–H and O–H groups in total. The second-order valence-electron chi connectivity index (χ2n) is 5.17. The van der Waals surface area contributed by atoms with E-state index in [0.717, 1.165) is 25.6 Å². The molecule has 1 saturated carbocycles. The highest BCUT2D eigenvalue weighted by molar-refractivity contribution is 5.75. The Hall–Kier alpha value is 0.0969. The van der Waals surface area contributed by atoms with Gasteiger partial charge in [-0.15, -0.1) is 0 Å². The Morgan fingerprint density at radius 1 is 1.12 bits per heavy atom. The second-order valence-corrected chi connectivity index (χ2v) is 5.17. The molecule has 2 aliphatic heterocycles. The number of rotatable bonds is 3. The lowest BCUT2D eigenvalue weighted by Crippen LogP contribution is -2.38. The van der Waals surface area contributed by atoms with Crippen molar-refractivity contribution in [1.29, 1.82) is 0 Å². The number of hydrogen-bond donors (Lipinski definition) is 1. The first-order chi connectivity index (χ1) is 7.42. The number of morpholine rings is 1. The molecule has 94 valence electrons. The van der Waals surface area contributed by atoms with Crippen molar-refractivity contribution in [2.24, 2.45) is 5.92 Å². The molecule has 0 bridgehead atoms. The van der Waals surface area contributed by atoms with Crippen molar-refractivity contribution in [1.82, 2.24) is 5.32 Å². The van der Waals surface area contributed by atoms with Crippen LogP contribution in [0.25, 0.3) is 0 Å². The highest BCUT2D eigenvalue weighted by atomic mass is 28.1. The molecular weight excluding hydrogens is 218 g/mol. The van der Waals surface area contributed by atoms with Crippen LogP contribution in [0.15, 0.2) is 0 Å². The van der Waals surface area contributed by atoms with E-state index in [9.17, 15) is 0 Å². The molecule has 0 aromatic rings. The summed E-state index contributed by atoms with van der Waals surface area (Å²) in [6.07, 6.45) is 8.30. The van der Waals surface area contributed by atoms with Crippen molar-refractivity contribution >= 4 is 11.0 Å². The van der Waals surface area contributed by atoms with Crippen molar-refractivity contribution < 1.29 is 9.47 Å². The monoisotopic (exact) mass is 243 g/mol. The van der Waals surface area contributed by atoms with E-state index >= 15 is 0 Å². The SMILES string of the molecule is C1COC(CCC2CCC3OC3C2)CN1.[SiH4]. The minimum Gasteiger partial charge on any atom is -0.376 e. The van der Waals surface area contributed by atoms with Crippen LogP contribution in [0.5, 0.6) is 0 Å². The molecule has 4 atom stereocenters. The first kappa shape index (κ1) is 12.6. The molecule has 0 radical (unpaired) electrons. The predicted molar refractivity (Wildman–Crippen MR) is 69.2 cm³/mol. The quantitative estimate of drug-likeness (QED) is 0.554. The van der Waals surface area contributed by atoms with Gasteiger partial charge in [0.05, 0.1) is 24.9 Å². The van der Waals surface area contributed by atoms with Crippen molar-refractivity contribution in [2.75, 3.05) is 19.7 Å². The third-order valence-corrected chi connectivity index (χ3v) is 4.01. The summed E-state index contributed by atoms with van der Waals surface area (Å²) in [6.45, 7) is 2.97. The fourth-order valence-corrected chi connectivity index (χ4v) is 2.98. The van der Waals surface area contributed by atoms with E-state index in [1.807, 2.05) is 0 Å². The number of nitrogens with one attached hydrogen (secondary N) is 1. The minimum atomic E-state index is 0. The van der Waals surface area contributed by atoms with Gasteiger partial charge in [-0.25, -0.2) is 0 Å². The normalized spacial score (nSPS) is 42.0. The Morgan fingerprint density at radius 3 is 2.81 bits per heavy atom. The molecule has 0 aromatic heterocycles. The maximum Gasteiger partial charge on any atom is 0.0844 e. The maximum absolute atomic E-state index is 5.71. The van der Waals surface area contributed by atoms with Crippen LogP contribution in [0, 0.1) is 5.92 Å². The molecule has 3 nitrogen and oxygen atoms in total. The molecule has 2 saturated heterocycles. The second kappa shape index (κ2) is 5.62. The summed E-state index contributed by atoms with van der Waals surface area (Å²) >= 11 is 0. The molecule has 1 aliphatic carbocycles. The summed E-state index contributed by atoms with van der Waals surface area (Å²) in [5.74, 6) is 0.902. The average molecular weight is 243 g/mol. The van der Waals surface area contributed by atoms with Crippen LogP contribution < -0.4 is 5.32 Å². The minimum absolute atomic E-state index is 0. The Balaban J connectivity index is 0.000000963. The van der Waals surface area contributed by atoms with Crippen molar-refractivity contribution in [3.05, 3.63) is 0 Å². The van der Waals surface area contributed by atoms with Gasteiger partial charge in [-0.05, 0) is 49.0 Å². The Labute approximate surface area is 102 Å². The van der Waals surface area contributed by atoms with Crippen molar-refractivity contribution in [3.63, 3.8) is 0 Å². The largest absolute Gasteiger partial charge is 0.376 e. The fourth-order valence-electron chi connectivity index (χ4n) is 2.98. The number of ether oxygens (including phenoxy) is 2. The van der Waals surface area contributed by atoms with Crippen LogP contribution in [0.1, 0.15) is 32.1 Å². The predicted octanol–water partition coefficient (Wildman–Crippen LogP) is -0.129. The van der Waals surface area contributed by atoms with Crippen molar-refractivity contribution in [3.8, 4) is 0 Å². The third kappa shape index (κ3) is 3.06. The van der Waals surface area contributed by atoms with Gasteiger partial charge in [0, 0.05) is 13.1 Å². The van der Waals surface area contributed by atoms with Gasteiger partial charge in [0.15, 0.2) is 0 Å². The summed E-state index contributed by atoms with van der Waals surface area (Å²) in [4.78, 5) is 0. The zero-order valence-electron chi connectivity index (χ0n) is 9.28. The average Bonchev–Trinajstić information content (AvgIpc) is 3.06. The van der Waals surface area contributed by atoms with Crippen molar-refractivity contribution in [2.45, 2.75) is 50.4 Å². The molecular formula is C12H25NO2Si. The summed E-state index contributed by atoms with van der Waals surface area (Å²) in [5, 5.41) is 3.39. The Bertz CT molecular complexity index is 221. The van der Waals surface area contributed by atoms with E-state index in [2.05, 4.69) is 5.32 Å².